The number of hydrogen-bond donors (Lipinski definition) is 3. The summed E-state index contributed by atoms with van der Waals surface area (Å²) < 4.78 is 0.726. The molecule has 4 nitrogen and oxygen atoms in total. The highest BCUT2D eigenvalue weighted by Gasteiger charge is 2.18. The molecule has 4 N–H and O–H groups in total. The number of hydrogen-bond acceptors (Lipinski definition) is 4. The maximum absolute atomic E-state index is 6.01. The first-order valence-electron chi connectivity index (χ1n) is 4.01. The van der Waals surface area contributed by atoms with E-state index >= 15 is 0 Å². The van der Waals surface area contributed by atoms with Gasteiger partial charge in [-0.05, 0) is 11.4 Å². The van der Waals surface area contributed by atoms with Crippen LogP contribution in [0, 0.1) is 0 Å². The second-order valence-electron chi connectivity index (χ2n) is 2.72. The molecule has 0 radical (unpaired) electrons. The fourth-order valence-electron chi connectivity index (χ4n) is 1.26. The molecule has 0 aliphatic rings. The number of thiophene rings is 1. The van der Waals surface area contributed by atoms with Gasteiger partial charge in [0.1, 0.15) is 11.9 Å². The van der Waals surface area contributed by atoms with Gasteiger partial charge in [0.2, 0.25) is 0 Å². The van der Waals surface area contributed by atoms with E-state index in [-0.39, 0.29) is 6.04 Å². The minimum absolute atomic E-state index is 0.177. The summed E-state index contributed by atoms with van der Waals surface area (Å²) in [7, 11) is 0. The second-order valence-corrected chi connectivity index (χ2v) is 4.24. The summed E-state index contributed by atoms with van der Waals surface area (Å²) in [6, 6.07) is 1.75. The molecule has 0 saturated carbocycles. The monoisotopic (exact) mass is 228 g/mol. The summed E-state index contributed by atoms with van der Waals surface area (Å²) in [6.45, 7) is 0. The van der Waals surface area contributed by atoms with Crippen LogP contribution in [0.15, 0.2) is 23.8 Å². The van der Waals surface area contributed by atoms with Crippen molar-refractivity contribution in [3.63, 3.8) is 0 Å². The van der Waals surface area contributed by atoms with Gasteiger partial charge in [-0.2, -0.15) is 0 Å². The smallest absolute Gasteiger partial charge is 0.129 e. The lowest BCUT2D eigenvalue weighted by atomic mass is 10.1. The zero-order valence-electron chi connectivity index (χ0n) is 7.20. The van der Waals surface area contributed by atoms with E-state index in [0.717, 1.165) is 15.7 Å². The molecule has 1 atom stereocenters. The quantitative estimate of drug-likeness (QED) is 0.553. The highest BCUT2D eigenvalue weighted by Crippen LogP contribution is 2.30. The number of H-pyrrole nitrogens is 1. The summed E-state index contributed by atoms with van der Waals surface area (Å²) in [6.07, 6.45) is 3.43. The van der Waals surface area contributed by atoms with E-state index in [9.17, 15) is 0 Å². The van der Waals surface area contributed by atoms with E-state index in [4.69, 9.17) is 17.4 Å². The van der Waals surface area contributed by atoms with Crippen molar-refractivity contribution in [3.05, 3.63) is 39.6 Å². The second kappa shape index (κ2) is 4.10. The van der Waals surface area contributed by atoms with Gasteiger partial charge in [0.15, 0.2) is 0 Å². The van der Waals surface area contributed by atoms with Gasteiger partial charge in [0.05, 0.1) is 4.34 Å². The van der Waals surface area contributed by atoms with Gasteiger partial charge in [0, 0.05) is 18.0 Å². The molecule has 0 aliphatic carbocycles. The molecular formula is C8H9ClN4S. The average Bonchev–Trinajstić information content (AvgIpc) is 2.80. The molecule has 74 valence electrons. The summed E-state index contributed by atoms with van der Waals surface area (Å²) in [4.78, 5) is 7.13. The van der Waals surface area contributed by atoms with Gasteiger partial charge in [-0.3, -0.25) is 5.84 Å². The van der Waals surface area contributed by atoms with Gasteiger partial charge in [-0.1, -0.05) is 11.6 Å². The maximum Gasteiger partial charge on any atom is 0.129 e. The summed E-state index contributed by atoms with van der Waals surface area (Å²) >= 11 is 7.49. The molecule has 0 aromatic carbocycles. The van der Waals surface area contributed by atoms with Crippen LogP contribution < -0.4 is 11.3 Å². The first kappa shape index (κ1) is 9.67. The van der Waals surface area contributed by atoms with Crippen LogP contribution in [0.4, 0.5) is 0 Å². The van der Waals surface area contributed by atoms with Crippen LogP contribution in [0.1, 0.15) is 17.4 Å². The Morgan fingerprint density at radius 1 is 1.64 bits per heavy atom. The Hall–Kier alpha value is -0.880. The molecule has 6 heteroatoms. The maximum atomic E-state index is 6.01. The Labute approximate surface area is 90.1 Å². The third-order valence-corrected chi connectivity index (χ3v) is 3.12. The van der Waals surface area contributed by atoms with Crippen molar-refractivity contribution in [3.8, 4) is 0 Å². The number of rotatable bonds is 3. The van der Waals surface area contributed by atoms with E-state index in [1.54, 1.807) is 12.4 Å². The first-order valence-corrected chi connectivity index (χ1v) is 5.27. The zero-order chi connectivity index (χ0) is 9.97. The third kappa shape index (κ3) is 1.67. The Bertz CT molecular complexity index is 397. The van der Waals surface area contributed by atoms with Crippen LogP contribution in [0.5, 0.6) is 0 Å². The molecule has 14 heavy (non-hydrogen) atoms. The minimum Gasteiger partial charge on any atom is -0.347 e. The summed E-state index contributed by atoms with van der Waals surface area (Å²) in [5.74, 6) is 6.22. The average molecular weight is 229 g/mol. The molecule has 2 aromatic rings. The van der Waals surface area contributed by atoms with Gasteiger partial charge in [0.25, 0.3) is 0 Å². The number of hydrazine groups is 1. The van der Waals surface area contributed by atoms with Crippen molar-refractivity contribution in [2.24, 2.45) is 5.84 Å². The van der Waals surface area contributed by atoms with Crippen LogP contribution >= 0.6 is 22.9 Å². The molecule has 0 saturated heterocycles. The van der Waals surface area contributed by atoms with Crippen molar-refractivity contribution < 1.29 is 0 Å². The lowest BCUT2D eigenvalue weighted by Crippen LogP contribution is -2.29. The highest BCUT2D eigenvalue weighted by molar-refractivity contribution is 7.14. The van der Waals surface area contributed by atoms with E-state index in [0.29, 0.717) is 0 Å². The summed E-state index contributed by atoms with van der Waals surface area (Å²) in [5.41, 5.74) is 3.62. The van der Waals surface area contributed by atoms with E-state index in [1.807, 2.05) is 11.4 Å². The Morgan fingerprint density at radius 3 is 3.00 bits per heavy atom. The van der Waals surface area contributed by atoms with Crippen molar-refractivity contribution in [1.29, 1.82) is 0 Å². The Morgan fingerprint density at radius 2 is 2.50 bits per heavy atom. The topological polar surface area (TPSA) is 66.7 Å². The number of nitrogens with two attached hydrogens (primary N) is 1. The number of halogens is 1. The highest BCUT2D eigenvalue weighted by atomic mass is 35.5. The normalized spacial score (nSPS) is 13.0. The molecule has 0 bridgehead atoms. The van der Waals surface area contributed by atoms with Crippen LogP contribution in [0.25, 0.3) is 0 Å². The van der Waals surface area contributed by atoms with Crippen molar-refractivity contribution >= 4 is 22.9 Å². The standard InChI is InChI=1S/C8H9ClN4S/c9-7-5(1-4-14-7)6(13-10)8-11-2-3-12-8/h1-4,6,13H,10H2,(H,11,12). The zero-order valence-corrected chi connectivity index (χ0v) is 8.77. The van der Waals surface area contributed by atoms with Gasteiger partial charge in [-0.25, -0.2) is 10.4 Å². The fourth-order valence-corrected chi connectivity index (χ4v) is 2.24. The molecule has 0 spiro atoms. The van der Waals surface area contributed by atoms with Crippen molar-refractivity contribution in [2.75, 3.05) is 0 Å². The molecule has 1 unspecified atom stereocenters. The number of nitrogens with one attached hydrogen (secondary N) is 2. The van der Waals surface area contributed by atoms with E-state index < -0.39 is 0 Å². The summed E-state index contributed by atoms with van der Waals surface area (Å²) in [5, 5.41) is 1.92. The van der Waals surface area contributed by atoms with Crippen LogP contribution in [-0.2, 0) is 0 Å². The molecular weight excluding hydrogens is 220 g/mol. The van der Waals surface area contributed by atoms with Crippen LogP contribution in [-0.4, -0.2) is 9.97 Å². The minimum atomic E-state index is -0.177. The number of imidazole rings is 1. The molecule has 0 fully saturated rings. The molecule has 0 amide bonds. The van der Waals surface area contributed by atoms with Gasteiger partial charge in [-0.15, -0.1) is 11.3 Å². The van der Waals surface area contributed by atoms with Crippen molar-refractivity contribution in [2.45, 2.75) is 6.04 Å². The number of aromatic nitrogens is 2. The fraction of sp³-hybridized carbons (Fsp3) is 0.125. The molecule has 2 aromatic heterocycles. The largest absolute Gasteiger partial charge is 0.347 e. The lowest BCUT2D eigenvalue weighted by molar-refractivity contribution is 0.610. The van der Waals surface area contributed by atoms with Crippen LogP contribution in [0.3, 0.4) is 0 Å². The van der Waals surface area contributed by atoms with E-state index in [1.165, 1.54) is 11.3 Å². The third-order valence-electron chi connectivity index (χ3n) is 1.92. The van der Waals surface area contributed by atoms with Crippen LogP contribution in [0.2, 0.25) is 4.34 Å². The SMILES string of the molecule is NNC(c1ncc[nH]1)c1ccsc1Cl. The number of aromatic amines is 1. The first-order chi connectivity index (χ1) is 6.83. The van der Waals surface area contributed by atoms with Gasteiger partial charge >= 0.3 is 0 Å². The Balaban J connectivity index is 2.36. The van der Waals surface area contributed by atoms with Gasteiger partial charge < -0.3 is 4.98 Å². The lowest BCUT2D eigenvalue weighted by Gasteiger charge is -2.12. The predicted octanol–water partition coefficient (Wildman–Crippen LogP) is 1.68. The molecule has 2 rings (SSSR count). The van der Waals surface area contributed by atoms with E-state index in [2.05, 4.69) is 15.4 Å². The molecule has 0 aliphatic heterocycles. The van der Waals surface area contributed by atoms with Crippen molar-refractivity contribution in [1.82, 2.24) is 15.4 Å². The Kier molecular flexibility index (Phi) is 2.83. The predicted molar refractivity (Wildman–Crippen MR) is 57.1 cm³/mol. The number of nitrogens with zero attached hydrogens (tertiary/aromatic N) is 1. The molecule has 2 heterocycles.